The van der Waals surface area contributed by atoms with Crippen molar-refractivity contribution in [2.45, 2.75) is 110 Å². The number of nitrogens with one attached hydrogen (secondary N) is 1. The molecule has 0 aromatic carbocycles. The first-order valence-corrected chi connectivity index (χ1v) is 10.5. The third kappa shape index (κ3) is 20.5. The van der Waals surface area contributed by atoms with Crippen molar-refractivity contribution in [3.05, 3.63) is 0 Å². The summed E-state index contributed by atoms with van der Waals surface area (Å²) in [5, 5.41) is 2.87. The molecule has 0 rings (SSSR count). The zero-order valence-electron chi connectivity index (χ0n) is 16.7. The summed E-state index contributed by atoms with van der Waals surface area (Å²) in [5.74, 6) is 12.1. The van der Waals surface area contributed by atoms with E-state index < -0.39 is 0 Å². The summed E-state index contributed by atoms with van der Waals surface area (Å²) in [6, 6.07) is 0. The average Bonchev–Trinajstić information content (AvgIpc) is 2.62. The molecule has 2 heteroatoms. The Labute approximate surface area is 156 Å². The van der Waals surface area contributed by atoms with Crippen LogP contribution in [0, 0.1) is 23.7 Å². The van der Waals surface area contributed by atoms with E-state index in [1.165, 1.54) is 64.2 Å². The number of carbonyl (C=O) groups excluding carboxylic acids is 1. The normalized spacial score (nSPS) is 9.68. The van der Waals surface area contributed by atoms with Crippen LogP contribution in [-0.4, -0.2) is 12.5 Å². The van der Waals surface area contributed by atoms with Gasteiger partial charge in [-0.3, -0.25) is 4.79 Å². The van der Waals surface area contributed by atoms with Gasteiger partial charge in [0.2, 0.25) is 5.91 Å². The number of hydrogen-bond donors (Lipinski definition) is 1. The summed E-state index contributed by atoms with van der Waals surface area (Å²) in [5.41, 5.74) is 0. The van der Waals surface area contributed by atoms with Crippen LogP contribution in [0.1, 0.15) is 110 Å². The zero-order chi connectivity index (χ0) is 18.4. The van der Waals surface area contributed by atoms with Crippen molar-refractivity contribution in [2.75, 3.05) is 6.54 Å². The quantitative estimate of drug-likeness (QED) is 0.286. The van der Waals surface area contributed by atoms with E-state index in [2.05, 4.69) is 42.8 Å². The minimum Gasteiger partial charge on any atom is -0.356 e. The Bertz CT molecular complexity index is 419. The van der Waals surface area contributed by atoms with Gasteiger partial charge in [0.15, 0.2) is 0 Å². The van der Waals surface area contributed by atoms with E-state index in [-0.39, 0.29) is 5.91 Å². The van der Waals surface area contributed by atoms with E-state index in [0.717, 1.165) is 32.2 Å². The molecule has 0 aliphatic rings. The fourth-order valence-electron chi connectivity index (χ4n) is 2.60. The van der Waals surface area contributed by atoms with E-state index in [4.69, 9.17) is 0 Å². The summed E-state index contributed by atoms with van der Waals surface area (Å²) in [7, 11) is 0. The highest BCUT2D eigenvalue weighted by atomic mass is 16.1. The molecule has 0 aliphatic carbocycles. The fraction of sp³-hybridized carbons (Fsp3) is 0.783. The van der Waals surface area contributed by atoms with Crippen LogP contribution in [0.15, 0.2) is 0 Å². The number of hydrogen-bond acceptors (Lipinski definition) is 1. The number of unbranched alkanes of at least 4 members (excludes halogenated alkanes) is 11. The number of rotatable bonds is 15. The Morgan fingerprint density at radius 2 is 1.20 bits per heavy atom. The Morgan fingerprint density at radius 3 is 1.76 bits per heavy atom. The van der Waals surface area contributed by atoms with Crippen LogP contribution in [0.3, 0.4) is 0 Å². The van der Waals surface area contributed by atoms with E-state index in [1.807, 2.05) is 0 Å². The molecule has 0 aromatic rings. The molecule has 0 aliphatic heterocycles. The largest absolute Gasteiger partial charge is 0.356 e. The summed E-state index contributed by atoms with van der Waals surface area (Å²) in [6.45, 7) is 5.10. The van der Waals surface area contributed by atoms with Gasteiger partial charge in [0.1, 0.15) is 0 Å². The van der Waals surface area contributed by atoms with Crippen molar-refractivity contribution in [1.29, 1.82) is 0 Å². The molecule has 1 amide bonds. The second kappa shape index (κ2) is 20.6. The number of amides is 1. The van der Waals surface area contributed by atoms with Gasteiger partial charge in [-0.2, -0.15) is 0 Å². The predicted molar refractivity (Wildman–Crippen MR) is 109 cm³/mol. The smallest absolute Gasteiger partial charge is 0.220 e. The average molecular weight is 346 g/mol. The van der Waals surface area contributed by atoms with Crippen LogP contribution in [0.25, 0.3) is 0 Å². The molecule has 1 N–H and O–H groups in total. The van der Waals surface area contributed by atoms with Crippen LogP contribution >= 0.6 is 0 Å². The maximum absolute atomic E-state index is 11.4. The van der Waals surface area contributed by atoms with Crippen LogP contribution < -0.4 is 5.32 Å². The highest BCUT2D eigenvalue weighted by Gasteiger charge is 1.97. The second-order valence-corrected chi connectivity index (χ2v) is 6.74. The first-order chi connectivity index (χ1) is 12.3. The molecule has 0 fully saturated rings. The molecule has 0 bridgehead atoms. The van der Waals surface area contributed by atoms with Crippen molar-refractivity contribution in [1.82, 2.24) is 5.32 Å². The molecule has 2 nitrogen and oxygen atoms in total. The van der Waals surface area contributed by atoms with Crippen LogP contribution in [0.2, 0.25) is 0 Å². The van der Waals surface area contributed by atoms with Crippen molar-refractivity contribution in [2.24, 2.45) is 0 Å². The highest BCUT2D eigenvalue weighted by Crippen LogP contribution is 2.10. The van der Waals surface area contributed by atoms with Crippen molar-refractivity contribution >= 4 is 5.91 Å². The third-order valence-corrected chi connectivity index (χ3v) is 4.17. The standard InChI is InChI=1S/C23H39NO/c1-3-5-6-7-8-9-10-11-12-13-14-15-16-17-18-19-20-21-23(25)24-22-4-2/h3-14,19-22H2,1-2H3,(H,24,25). The van der Waals surface area contributed by atoms with Gasteiger partial charge in [-0.15, -0.1) is 0 Å². The fourth-order valence-corrected chi connectivity index (χ4v) is 2.60. The summed E-state index contributed by atoms with van der Waals surface area (Å²) < 4.78 is 0. The van der Waals surface area contributed by atoms with Crippen LogP contribution in [-0.2, 0) is 4.79 Å². The van der Waals surface area contributed by atoms with E-state index in [0.29, 0.717) is 6.42 Å². The van der Waals surface area contributed by atoms with E-state index in [9.17, 15) is 4.79 Å². The molecule has 0 atom stereocenters. The van der Waals surface area contributed by atoms with Gasteiger partial charge in [0, 0.05) is 25.8 Å². The van der Waals surface area contributed by atoms with Gasteiger partial charge in [-0.1, -0.05) is 83.5 Å². The Morgan fingerprint density at radius 1 is 0.680 bits per heavy atom. The van der Waals surface area contributed by atoms with Gasteiger partial charge in [-0.05, 0) is 31.1 Å². The van der Waals surface area contributed by atoms with Gasteiger partial charge >= 0.3 is 0 Å². The molecule has 0 radical (unpaired) electrons. The second-order valence-electron chi connectivity index (χ2n) is 6.74. The molecule has 0 saturated heterocycles. The molecular formula is C23H39NO. The Balaban J connectivity index is 3.33. The van der Waals surface area contributed by atoms with Crippen LogP contribution in [0.5, 0.6) is 0 Å². The summed E-state index contributed by atoms with van der Waals surface area (Å²) in [6.07, 6.45) is 17.7. The van der Waals surface area contributed by atoms with E-state index in [1.54, 1.807) is 0 Å². The van der Waals surface area contributed by atoms with Crippen molar-refractivity contribution < 1.29 is 4.79 Å². The van der Waals surface area contributed by atoms with Crippen LogP contribution in [0.4, 0.5) is 0 Å². The van der Waals surface area contributed by atoms with E-state index >= 15 is 0 Å². The molecule has 0 saturated carbocycles. The lowest BCUT2D eigenvalue weighted by Crippen LogP contribution is -2.23. The Hall–Kier alpha value is -1.41. The Kier molecular flexibility index (Phi) is 19.5. The van der Waals surface area contributed by atoms with Crippen molar-refractivity contribution in [3.63, 3.8) is 0 Å². The third-order valence-electron chi connectivity index (χ3n) is 4.17. The minimum atomic E-state index is 0.135. The van der Waals surface area contributed by atoms with Crippen molar-refractivity contribution in [3.8, 4) is 23.7 Å². The lowest BCUT2D eigenvalue weighted by Gasteiger charge is -2.00. The summed E-state index contributed by atoms with van der Waals surface area (Å²) >= 11 is 0. The molecule has 0 unspecified atom stereocenters. The molecule has 0 spiro atoms. The first kappa shape index (κ1) is 23.6. The van der Waals surface area contributed by atoms with Gasteiger partial charge in [-0.25, -0.2) is 0 Å². The molecule has 0 aromatic heterocycles. The topological polar surface area (TPSA) is 29.1 Å². The lowest BCUT2D eigenvalue weighted by atomic mass is 10.1. The minimum absolute atomic E-state index is 0.135. The maximum Gasteiger partial charge on any atom is 0.220 e. The maximum atomic E-state index is 11.4. The molecule has 25 heavy (non-hydrogen) atoms. The monoisotopic (exact) mass is 345 g/mol. The predicted octanol–water partition coefficient (Wildman–Crippen LogP) is 6.00. The number of carbonyl (C=O) groups is 1. The zero-order valence-corrected chi connectivity index (χ0v) is 16.7. The van der Waals surface area contributed by atoms with Gasteiger partial charge in [0.25, 0.3) is 0 Å². The lowest BCUT2D eigenvalue weighted by molar-refractivity contribution is -0.121. The SMILES string of the molecule is CCCCCCCCCCCCC#CC#CCCCC(=O)NCCC. The molecule has 0 heterocycles. The summed E-state index contributed by atoms with van der Waals surface area (Å²) in [4.78, 5) is 11.4. The van der Waals surface area contributed by atoms with Gasteiger partial charge in [0.05, 0.1) is 0 Å². The molecular weight excluding hydrogens is 306 g/mol. The molecule has 142 valence electrons. The highest BCUT2D eigenvalue weighted by molar-refractivity contribution is 5.75. The first-order valence-electron chi connectivity index (χ1n) is 10.5. The van der Waals surface area contributed by atoms with Gasteiger partial charge < -0.3 is 5.32 Å².